The molecule has 1 aliphatic heterocycles. The molecule has 4 aromatic rings. The van der Waals surface area contributed by atoms with E-state index in [-0.39, 0.29) is 38.6 Å². The van der Waals surface area contributed by atoms with Crippen LogP contribution in [0.1, 0.15) is 71.9 Å². The summed E-state index contributed by atoms with van der Waals surface area (Å²) < 4.78 is 31.8. The number of nitrogens with zero attached hydrogens (tertiary/aromatic N) is 3. The van der Waals surface area contributed by atoms with Gasteiger partial charge >= 0.3 is 18.0 Å². The van der Waals surface area contributed by atoms with Gasteiger partial charge in [0, 0.05) is 46.4 Å². The van der Waals surface area contributed by atoms with Gasteiger partial charge in [-0.1, -0.05) is 35.6 Å². The van der Waals surface area contributed by atoms with E-state index in [0.29, 0.717) is 36.1 Å². The van der Waals surface area contributed by atoms with Crippen molar-refractivity contribution in [2.24, 2.45) is 0 Å². The molecule has 0 bridgehead atoms. The summed E-state index contributed by atoms with van der Waals surface area (Å²) in [4.78, 5) is 71.3. The highest BCUT2D eigenvalue weighted by Gasteiger charge is 2.32. The van der Waals surface area contributed by atoms with Crippen molar-refractivity contribution in [2.45, 2.75) is 51.7 Å². The van der Waals surface area contributed by atoms with Gasteiger partial charge in [0.05, 0.1) is 21.8 Å². The number of amides is 3. The lowest BCUT2D eigenvalue weighted by Gasteiger charge is -2.33. The number of carbonyl (C=O) groups is 5. The van der Waals surface area contributed by atoms with Crippen LogP contribution in [0.2, 0.25) is 5.02 Å². The van der Waals surface area contributed by atoms with Crippen LogP contribution in [0.5, 0.6) is 0 Å². The quantitative estimate of drug-likeness (QED) is 0.123. The Bertz CT molecular complexity index is 2370. The van der Waals surface area contributed by atoms with Gasteiger partial charge in [-0.25, -0.2) is 33.4 Å². The minimum Gasteiger partial charge on any atom is -0.480 e. The zero-order valence-electron chi connectivity index (χ0n) is 29.7. The standard InChI is InChI=1S/C37H35ClN6O10S/c1-37(2,3)54-36(51)42-41-33(47)25-17-28(40-29-18-31(39-19-26(25)29)43-55(52,53)20-32(45)46)23-11-8-21(9-12-23)7-10-22-13-14-24(16-27(22)38)34(48)44-15-5-4-6-30(44)35(49)50/h8-9,11-14,16-19,30H,4-6,15,20H2,1-3H3,(H,39,43)(H,41,47)(H,42,51)(H,45,46)(H,49,50)/t30-/m0/s1. The number of carbonyl (C=O) groups excluding carboxylic acids is 3. The molecule has 1 fully saturated rings. The van der Waals surface area contributed by atoms with E-state index in [0.717, 1.165) is 6.42 Å². The molecule has 2 aromatic heterocycles. The summed E-state index contributed by atoms with van der Waals surface area (Å²) in [6, 6.07) is 13.1. The van der Waals surface area contributed by atoms with Gasteiger partial charge in [0.1, 0.15) is 17.5 Å². The van der Waals surface area contributed by atoms with Gasteiger partial charge in [0.25, 0.3) is 11.8 Å². The molecule has 55 heavy (non-hydrogen) atoms. The second kappa shape index (κ2) is 16.4. The number of carboxylic acid groups (broad SMARTS) is 2. The van der Waals surface area contributed by atoms with Crippen molar-refractivity contribution in [2.75, 3.05) is 17.0 Å². The summed E-state index contributed by atoms with van der Waals surface area (Å²) in [7, 11) is -4.31. The summed E-state index contributed by atoms with van der Waals surface area (Å²) >= 11 is 6.48. The molecule has 3 heterocycles. The Kier molecular flexibility index (Phi) is 11.9. The molecule has 1 atom stereocenters. The number of aliphatic carboxylic acids is 2. The van der Waals surface area contributed by atoms with Crippen LogP contribution < -0.4 is 15.6 Å². The molecule has 0 unspecified atom stereocenters. The number of hydrazine groups is 1. The van der Waals surface area contributed by atoms with E-state index in [9.17, 15) is 37.5 Å². The SMILES string of the molecule is CC(C)(C)OC(=O)NNC(=O)c1cc(-c2ccc(C#Cc3ccc(C(=O)N4CCCC[C@H]4C(=O)O)cc3Cl)cc2)nc2cc(NS(=O)(=O)CC(=O)O)ncc12. The number of hydrogen-bond donors (Lipinski definition) is 5. The number of rotatable bonds is 8. The van der Waals surface area contributed by atoms with E-state index in [2.05, 4.69) is 37.4 Å². The average molecular weight is 791 g/mol. The minimum atomic E-state index is -4.31. The lowest BCUT2D eigenvalue weighted by molar-refractivity contribution is -0.143. The predicted octanol–water partition coefficient (Wildman–Crippen LogP) is 4.43. The lowest BCUT2D eigenvalue weighted by Crippen LogP contribution is -2.47. The number of piperidine rings is 1. The van der Waals surface area contributed by atoms with Gasteiger partial charge in [-0.2, -0.15) is 0 Å². The summed E-state index contributed by atoms with van der Waals surface area (Å²) in [6.07, 6.45) is 2.09. The van der Waals surface area contributed by atoms with Crippen LogP contribution in [-0.4, -0.2) is 87.3 Å². The van der Waals surface area contributed by atoms with Crippen LogP contribution in [0.15, 0.2) is 60.8 Å². The Balaban J connectivity index is 1.41. The molecule has 3 amide bonds. The van der Waals surface area contributed by atoms with E-state index in [1.165, 1.54) is 29.3 Å². The van der Waals surface area contributed by atoms with Crippen LogP contribution >= 0.6 is 11.6 Å². The van der Waals surface area contributed by atoms with Gasteiger partial charge in [-0.15, -0.1) is 0 Å². The van der Waals surface area contributed by atoms with Crippen molar-refractivity contribution in [1.82, 2.24) is 25.7 Å². The van der Waals surface area contributed by atoms with Gasteiger partial charge in [-0.3, -0.25) is 24.5 Å². The van der Waals surface area contributed by atoms with Crippen LogP contribution in [0.3, 0.4) is 0 Å². The molecule has 0 aliphatic carbocycles. The molecule has 0 radical (unpaired) electrons. The third kappa shape index (κ3) is 10.5. The zero-order chi connectivity index (χ0) is 40.1. The average Bonchev–Trinajstić information content (AvgIpc) is 3.11. The first-order valence-electron chi connectivity index (χ1n) is 16.7. The number of benzene rings is 2. The van der Waals surface area contributed by atoms with Gasteiger partial charge < -0.3 is 19.8 Å². The number of sulfonamides is 1. The largest absolute Gasteiger partial charge is 0.480 e. The molecule has 5 rings (SSSR count). The number of aromatic nitrogens is 2. The van der Waals surface area contributed by atoms with Crippen molar-refractivity contribution < 1.29 is 47.3 Å². The highest BCUT2D eigenvalue weighted by Crippen LogP contribution is 2.27. The Morgan fingerprint density at radius 2 is 1.71 bits per heavy atom. The second-order valence-electron chi connectivity index (χ2n) is 13.3. The summed E-state index contributed by atoms with van der Waals surface area (Å²) in [5, 5.41) is 18.9. The number of pyridine rings is 2. The second-order valence-corrected chi connectivity index (χ2v) is 15.5. The highest BCUT2D eigenvalue weighted by molar-refractivity contribution is 7.93. The van der Waals surface area contributed by atoms with Gasteiger partial charge in [-0.05, 0) is 76.4 Å². The first-order valence-corrected chi connectivity index (χ1v) is 18.7. The lowest BCUT2D eigenvalue weighted by atomic mass is 10.0. The van der Waals surface area contributed by atoms with E-state index in [1.54, 1.807) is 57.2 Å². The Morgan fingerprint density at radius 3 is 2.36 bits per heavy atom. The maximum absolute atomic E-state index is 13.3. The number of carboxylic acids is 2. The maximum atomic E-state index is 13.3. The topological polar surface area (TPSA) is 234 Å². The predicted molar refractivity (Wildman–Crippen MR) is 201 cm³/mol. The smallest absolute Gasteiger partial charge is 0.426 e. The molecule has 1 aliphatic rings. The van der Waals surface area contributed by atoms with Crippen LogP contribution in [0.4, 0.5) is 10.6 Å². The number of hydrogen-bond acceptors (Lipinski definition) is 10. The summed E-state index contributed by atoms with van der Waals surface area (Å²) in [5.74, 6) is 0.713. The normalized spacial score (nSPS) is 14.3. The minimum absolute atomic E-state index is 0.00251. The van der Waals surface area contributed by atoms with Gasteiger partial charge in [0.15, 0.2) is 5.75 Å². The van der Waals surface area contributed by atoms with E-state index in [1.807, 2.05) is 0 Å². The number of anilines is 1. The molecule has 18 heteroatoms. The molecule has 16 nitrogen and oxygen atoms in total. The Labute approximate surface area is 320 Å². The molecule has 286 valence electrons. The van der Waals surface area contributed by atoms with Crippen molar-refractivity contribution in [3.63, 3.8) is 0 Å². The third-order valence-corrected chi connectivity index (χ3v) is 9.44. The molecular weight excluding hydrogens is 756 g/mol. The molecule has 0 spiro atoms. The number of halogens is 1. The van der Waals surface area contributed by atoms with E-state index >= 15 is 0 Å². The fourth-order valence-corrected chi connectivity index (χ4v) is 6.62. The first kappa shape index (κ1) is 39.9. The number of nitrogens with one attached hydrogen (secondary N) is 3. The Morgan fingerprint density at radius 1 is 0.982 bits per heavy atom. The highest BCUT2D eigenvalue weighted by atomic mass is 35.5. The maximum Gasteiger partial charge on any atom is 0.426 e. The number of likely N-dealkylation sites (tertiary alicyclic amines) is 1. The number of ether oxygens (including phenoxy) is 1. The first-order chi connectivity index (χ1) is 25.9. The fraction of sp³-hybridized carbons (Fsp3) is 0.270. The van der Waals surface area contributed by atoms with E-state index < -0.39 is 57.3 Å². The molecule has 1 saturated heterocycles. The van der Waals surface area contributed by atoms with Crippen molar-refractivity contribution in [3.8, 4) is 23.1 Å². The van der Waals surface area contributed by atoms with Crippen LogP contribution in [-0.2, 0) is 24.3 Å². The molecule has 0 saturated carbocycles. The van der Waals surface area contributed by atoms with E-state index in [4.69, 9.17) is 21.4 Å². The summed E-state index contributed by atoms with van der Waals surface area (Å²) in [5.41, 5.74) is 5.77. The van der Waals surface area contributed by atoms with Crippen molar-refractivity contribution in [3.05, 3.63) is 88.1 Å². The fourth-order valence-electron chi connectivity index (χ4n) is 5.56. The van der Waals surface area contributed by atoms with Crippen molar-refractivity contribution in [1.29, 1.82) is 0 Å². The van der Waals surface area contributed by atoms with Gasteiger partial charge in [0.2, 0.25) is 10.0 Å². The molecule has 2 aromatic carbocycles. The molecular formula is C37H35ClN6O10S. The van der Waals surface area contributed by atoms with Crippen LogP contribution in [0, 0.1) is 11.8 Å². The molecule has 5 N–H and O–H groups in total. The Hall–Kier alpha value is -6.25. The van der Waals surface area contributed by atoms with Crippen molar-refractivity contribution >= 4 is 68.2 Å². The number of fused-ring (bicyclic) bond motifs is 1. The monoisotopic (exact) mass is 790 g/mol. The third-order valence-electron chi connectivity index (χ3n) is 7.98. The summed E-state index contributed by atoms with van der Waals surface area (Å²) in [6.45, 7) is 5.28. The zero-order valence-corrected chi connectivity index (χ0v) is 31.2. The van der Waals surface area contributed by atoms with Crippen LogP contribution in [0.25, 0.3) is 22.2 Å².